The lowest BCUT2D eigenvalue weighted by Crippen LogP contribution is -2.33. The molecule has 5 heteroatoms. The normalized spacial score (nSPS) is 12.8. The minimum absolute atomic E-state index is 0.173. The Kier molecular flexibility index (Phi) is 4.47. The topological polar surface area (TPSA) is 72.5 Å². The van der Waals surface area contributed by atoms with Gasteiger partial charge < -0.3 is 15.0 Å². The van der Waals surface area contributed by atoms with Crippen molar-refractivity contribution >= 4 is 18.0 Å². The molecule has 0 rings (SSSR count). The van der Waals surface area contributed by atoms with Gasteiger partial charge in [-0.05, 0) is 12.0 Å². The standard InChI is InChI=1S/C4H9NO3S/c1-8-4(6)3(5)2-9-7/h3,7H,2,5H2,1H3/t3-/m0/s1. The minimum atomic E-state index is -0.718. The van der Waals surface area contributed by atoms with Crippen molar-refractivity contribution in [2.24, 2.45) is 5.73 Å². The highest BCUT2D eigenvalue weighted by Crippen LogP contribution is 1.94. The molecule has 0 saturated carbocycles. The summed E-state index contributed by atoms with van der Waals surface area (Å²) in [6, 6.07) is -0.718. The molecule has 0 radical (unpaired) electrons. The van der Waals surface area contributed by atoms with Crippen molar-refractivity contribution in [1.82, 2.24) is 0 Å². The summed E-state index contributed by atoms with van der Waals surface area (Å²) in [7, 11) is 1.25. The number of carbonyl (C=O) groups excluding carboxylic acids is 1. The van der Waals surface area contributed by atoms with Gasteiger partial charge in [-0.3, -0.25) is 4.79 Å². The van der Waals surface area contributed by atoms with E-state index in [4.69, 9.17) is 10.3 Å². The molecule has 0 heterocycles. The molecule has 0 spiro atoms. The number of carbonyl (C=O) groups is 1. The molecule has 0 bridgehead atoms. The van der Waals surface area contributed by atoms with Gasteiger partial charge in [0.25, 0.3) is 0 Å². The van der Waals surface area contributed by atoms with Crippen LogP contribution in [0.5, 0.6) is 0 Å². The van der Waals surface area contributed by atoms with Gasteiger partial charge >= 0.3 is 5.97 Å². The molecule has 54 valence electrons. The van der Waals surface area contributed by atoms with E-state index in [0.29, 0.717) is 12.0 Å². The van der Waals surface area contributed by atoms with Crippen LogP contribution in [0.1, 0.15) is 0 Å². The largest absolute Gasteiger partial charge is 0.468 e. The van der Waals surface area contributed by atoms with E-state index >= 15 is 0 Å². The van der Waals surface area contributed by atoms with E-state index in [2.05, 4.69) is 4.74 Å². The number of hydrogen-bond donors (Lipinski definition) is 2. The van der Waals surface area contributed by atoms with E-state index in [1.807, 2.05) is 0 Å². The van der Waals surface area contributed by atoms with Gasteiger partial charge in [-0.25, -0.2) is 0 Å². The van der Waals surface area contributed by atoms with Crippen LogP contribution in [-0.4, -0.2) is 29.4 Å². The van der Waals surface area contributed by atoms with Gasteiger partial charge in [0.1, 0.15) is 6.04 Å². The van der Waals surface area contributed by atoms with Crippen LogP contribution in [-0.2, 0) is 9.53 Å². The molecule has 0 unspecified atom stereocenters. The average Bonchev–Trinajstić information content (AvgIpc) is 1.87. The molecule has 0 aliphatic heterocycles. The number of ether oxygens (including phenoxy) is 1. The number of hydrogen-bond acceptors (Lipinski definition) is 5. The molecule has 0 aliphatic rings. The molecule has 0 aromatic carbocycles. The molecule has 4 nitrogen and oxygen atoms in total. The zero-order chi connectivity index (χ0) is 7.28. The lowest BCUT2D eigenvalue weighted by atomic mass is 10.4. The predicted octanol–water partition coefficient (Wildman–Crippen LogP) is -0.307. The number of esters is 1. The Bertz CT molecular complexity index is 97.8. The van der Waals surface area contributed by atoms with E-state index in [1.165, 1.54) is 7.11 Å². The zero-order valence-electron chi connectivity index (χ0n) is 5.03. The lowest BCUT2D eigenvalue weighted by molar-refractivity contribution is -0.141. The maximum Gasteiger partial charge on any atom is 0.323 e. The fourth-order valence-corrected chi connectivity index (χ4v) is 0.596. The van der Waals surface area contributed by atoms with Crippen LogP contribution in [0.15, 0.2) is 0 Å². The van der Waals surface area contributed by atoms with E-state index in [0.717, 1.165) is 0 Å². The van der Waals surface area contributed by atoms with Crippen LogP contribution in [0.2, 0.25) is 0 Å². The van der Waals surface area contributed by atoms with Crippen molar-refractivity contribution in [3.8, 4) is 0 Å². The highest BCUT2D eigenvalue weighted by molar-refractivity contribution is 7.93. The molecule has 0 aromatic heterocycles. The molecular formula is C4H9NO3S. The third-order valence-corrected chi connectivity index (χ3v) is 1.27. The molecule has 9 heavy (non-hydrogen) atoms. The molecular weight excluding hydrogens is 142 g/mol. The Balaban J connectivity index is 3.45. The van der Waals surface area contributed by atoms with E-state index in [-0.39, 0.29) is 5.75 Å². The van der Waals surface area contributed by atoms with Crippen molar-refractivity contribution in [1.29, 1.82) is 0 Å². The summed E-state index contributed by atoms with van der Waals surface area (Å²) in [5.74, 6) is -0.330. The molecule has 3 N–H and O–H groups in total. The second kappa shape index (κ2) is 4.60. The van der Waals surface area contributed by atoms with Gasteiger partial charge in [-0.1, -0.05) is 0 Å². The number of nitrogens with two attached hydrogens (primary N) is 1. The maximum atomic E-state index is 10.4. The fourth-order valence-electron chi connectivity index (χ4n) is 0.300. The molecule has 0 aliphatic carbocycles. The van der Waals surface area contributed by atoms with E-state index < -0.39 is 12.0 Å². The number of rotatable bonds is 3. The highest BCUT2D eigenvalue weighted by atomic mass is 32.2. The Morgan fingerprint density at radius 3 is 2.89 bits per heavy atom. The van der Waals surface area contributed by atoms with Crippen molar-refractivity contribution in [3.05, 3.63) is 0 Å². The van der Waals surface area contributed by atoms with Crippen molar-refractivity contribution in [3.63, 3.8) is 0 Å². The summed E-state index contributed by atoms with van der Waals surface area (Å²) in [6.45, 7) is 0. The van der Waals surface area contributed by atoms with Gasteiger partial charge in [0.2, 0.25) is 0 Å². The fraction of sp³-hybridized carbons (Fsp3) is 0.750. The third-order valence-electron chi connectivity index (χ3n) is 0.758. The van der Waals surface area contributed by atoms with Crippen LogP contribution in [0.25, 0.3) is 0 Å². The maximum absolute atomic E-state index is 10.4. The molecule has 0 fully saturated rings. The Hall–Kier alpha value is -0.260. The first-order chi connectivity index (χ1) is 4.22. The average molecular weight is 151 g/mol. The first-order valence-electron chi connectivity index (χ1n) is 2.32. The van der Waals surface area contributed by atoms with Crippen LogP contribution >= 0.6 is 12.0 Å². The lowest BCUT2D eigenvalue weighted by Gasteiger charge is -2.04. The summed E-state index contributed by atoms with van der Waals surface area (Å²) in [5, 5.41) is 0. The SMILES string of the molecule is COC(=O)[C@@H](N)CSO. The monoisotopic (exact) mass is 151 g/mol. The van der Waals surface area contributed by atoms with Crippen LogP contribution in [0, 0.1) is 0 Å². The quantitative estimate of drug-likeness (QED) is 0.427. The molecule has 1 atom stereocenters. The highest BCUT2D eigenvalue weighted by Gasteiger charge is 2.12. The summed E-state index contributed by atoms with van der Waals surface area (Å²) >= 11 is 0.528. The summed E-state index contributed by atoms with van der Waals surface area (Å²) in [5.41, 5.74) is 5.18. The molecule has 0 aromatic rings. The summed E-state index contributed by atoms with van der Waals surface area (Å²) in [6.07, 6.45) is 0. The van der Waals surface area contributed by atoms with Crippen LogP contribution < -0.4 is 5.73 Å². The van der Waals surface area contributed by atoms with E-state index in [9.17, 15) is 4.79 Å². The number of methoxy groups -OCH3 is 1. The van der Waals surface area contributed by atoms with E-state index in [1.54, 1.807) is 0 Å². The Morgan fingerprint density at radius 2 is 2.56 bits per heavy atom. The first-order valence-corrected chi connectivity index (χ1v) is 3.26. The minimum Gasteiger partial charge on any atom is -0.468 e. The van der Waals surface area contributed by atoms with Gasteiger partial charge in [0, 0.05) is 5.75 Å². The van der Waals surface area contributed by atoms with Gasteiger partial charge in [-0.15, -0.1) is 0 Å². The van der Waals surface area contributed by atoms with Gasteiger partial charge in [0.05, 0.1) is 7.11 Å². The Labute approximate surface area is 57.6 Å². The molecule has 0 saturated heterocycles. The molecule has 0 amide bonds. The smallest absolute Gasteiger partial charge is 0.323 e. The van der Waals surface area contributed by atoms with Crippen molar-refractivity contribution in [2.45, 2.75) is 6.04 Å². The van der Waals surface area contributed by atoms with Crippen LogP contribution in [0.3, 0.4) is 0 Å². The summed E-state index contributed by atoms with van der Waals surface area (Å²) in [4.78, 5) is 10.4. The summed E-state index contributed by atoms with van der Waals surface area (Å²) < 4.78 is 12.5. The zero-order valence-corrected chi connectivity index (χ0v) is 5.85. The second-order valence-corrected chi connectivity index (χ2v) is 2.02. The van der Waals surface area contributed by atoms with Gasteiger partial charge in [0.15, 0.2) is 0 Å². The third kappa shape index (κ3) is 3.34. The van der Waals surface area contributed by atoms with Crippen LogP contribution in [0.4, 0.5) is 0 Å². The Morgan fingerprint density at radius 1 is 2.00 bits per heavy atom. The van der Waals surface area contributed by atoms with Gasteiger partial charge in [-0.2, -0.15) is 0 Å². The van der Waals surface area contributed by atoms with Crippen molar-refractivity contribution in [2.75, 3.05) is 12.9 Å². The first kappa shape index (κ1) is 8.74. The van der Waals surface area contributed by atoms with Crippen molar-refractivity contribution < 1.29 is 14.1 Å². The predicted molar refractivity (Wildman–Crippen MR) is 35.1 cm³/mol. The second-order valence-electron chi connectivity index (χ2n) is 1.43.